The third-order valence-corrected chi connectivity index (χ3v) is 3.47. The standard InChI is InChI=1S/C12H18O7/c1-10(2)15-5-12(19-10)8-6(7(17-12)9(13)14)16-11(3,4)18-8/h6-8H,5H2,1-4H3,(H,13,14)/t6-,7+,8-,12?/m1/s1. The van der Waals surface area contributed by atoms with Crippen LogP contribution in [0.5, 0.6) is 0 Å². The molecule has 1 spiro atoms. The number of hydrogen-bond donors (Lipinski definition) is 1. The molecule has 3 fully saturated rings. The topological polar surface area (TPSA) is 83.5 Å². The van der Waals surface area contributed by atoms with Crippen molar-refractivity contribution in [1.29, 1.82) is 0 Å². The van der Waals surface area contributed by atoms with Crippen LogP contribution in [0.3, 0.4) is 0 Å². The normalized spacial score (nSPS) is 46.6. The Bertz CT molecular complexity index is 418. The molecule has 3 saturated heterocycles. The molecule has 0 radical (unpaired) electrons. The van der Waals surface area contributed by atoms with Crippen molar-refractivity contribution in [3.8, 4) is 0 Å². The molecule has 0 aromatic carbocycles. The van der Waals surface area contributed by atoms with Gasteiger partial charge in [0, 0.05) is 0 Å². The van der Waals surface area contributed by atoms with E-state index >= 15 is 0 Å². The Morgan fingerprint density at radius 2 is 1.79 bits per heavy atom. The van der Waals surface area contributed by atoms with E-state index < -0.39 is 41.6 Å². The summed E-state index contributed by atoms with van der Waals surface area (Å²) in [5, 5.41) is 9.25. The quantitative estimate of drug-likeness (QED) is 0.744. The number of carboxylic acids is 1. The van der Waals surface area contributed by atoms with Crippen LogP contribution in [0, 0.1) is 0 Å². The van der Waals surface area contributed by atoms with Gasteiger partial charge in [-0.05, 0) is 27.7 Å². The molecule has 0 saturated carbocycles. The summed E-state index contributed by atoms with van der Waals surface area (Å²) >= 11 is 0. The average Bonchev–Trinajstić information content (AvgIpc) is 2.80. The van der Waals surface area contributed by atoms with Gasteiger partial charge in [0.15, 0.2) is 17.7 Å². The molecule has 1 N–H and O–H groups in total. The van der Waals surface area contributed by atoms with Crippen molar-refractivity contribution in [2.75, 3.05) is 6.61 Å². The van der Waals surface area contributed by atoms with Crippen LogP contribution in [0.2, 0.25) is 0 Å². The number of ether oxygens (including phenoxy) is 5. The van der Waals surface area contributed by atoms with Gasteiger partial charge in [-0.3, -0.25) is 0 Å². The predicted molar refractivity (Wildman–Crippen MR) is 60.2 cm³/mol. The molecule has 19 heavy (non-hydrogen) atoms. The summed E-state index contributed by atoms with van der Waals surface area (Å²) in [5.74, 6) is -4.02. The molecule has 7 nitrogen and oxygen atoms in total. The molecule has 0 bridgehead atoms. The Balaban J connectivity index is 1.93. The zero-order chi connectivity index (χ0) is 14.1. The molecule has 7 heteroatoms. The van der Waals surface area contributed by atoms with Crippen LogP contribution < -0.4 is 0 Å². The third kappa shape index (κ3) is 1.96. The summed E-state index contributed by atoms with van der Waals surface area (Å²) < 4.78 is 28.3. The lowest BCUT2D eigenvalue weighted by atomic mass is 10.1. The van der Waals surface area contributed by atoms with Gasteiger partial charge in [-0.2, -0.15) is 0 Å². The maximum absolute atomic E-state index is 11.3. The van der Waals surface area contributed by atoms with Crippen molar-refractivity contribution in [3.63, 3.8) is 0 Å². The lowest BCUT2D eigenvalue weighted by Gasteiger charge is -2.30. The van der Waals surface area contributed by atoms with Gasteiger partial charge < -0.3 is 28.8 Å². The highest BCUT2D eigenvalue weighted by Crippen LogP contribution is 2.49. The summed E-state index contributed by atoms with van der Waals surface area (Å²) in [6.45, 7) is 7.08. The fraction of sp³-hybridized carbons (Fsp3) is 0.917. The summed E-state index contributed by atoms with van der Waals surface area (Å²) in [6, 6.07) is 0. The second kappa shape index (κ2) is 3.67. The van der Waals surface area contributed by atoms with Gasteiger partial charge in [0.05, 0.1) is 0 Å². The smallest absolute Gasteiger partial charge is 0.335 e. The summed E-state index contributed by atoms with van der Waals surface area (Å²) in [5.41, 5.74) is 0. The van der Waals surface area contributed by atoms with Gasteiger partial charge in [0.25, 0.3) is 0 Å². The van der Waals surface area contributed by atoms with Crippen LogP contribution in [0.15, 0.2) is 0 Å². The number of rotatable bonds is 1. The second-order valence-corrected chi connectivity index (χ2v) is 6.00. The van der Waals surface area contributed by atoms with E-state index in [1.165, 1.54) is 0 Å². The third-order valence-electron chi connectivity index (χ3n) is 3.47. The number of carboxylic acid groups (broad SMARTS) is 1. The van der Waals surface area contributed by atoms with Crippen molar-refractivity contribution in [1.82, 2.24) is 0 Å². The summed E-state index contributed by atoms with van der Waals surface area (Å²) in [6.07, 6.45) is -2.44. The van der Waals surface area contributed by atoms with Gasteiger partial charge in [0.1, 0.15) is 18.8 Å². The van der Waals surface area contributed by atoms with Gasteiger partial charge in [-0.15, -0.1) is 0 Å². The first-order valence-corrected chi connectivity index (χ1v) is 6.25. The van der Waals surface area contributed by atoms with Crippen molar-refractivity contribution >= 4 is 5.97 Å². The molecule has 0 aromatic heterocycles. The molecule has 0 aliphatic carbocycles. The minimum absolute atomic E-state index is 0.115. The SMILES string of the molecule is CC1(C)O[C@@H]2[C@@H](C(=O)O)OC3(COC(C)(C)O3)[C@@H]2O1. The van der Waals surface area contributed by atoms with Crippen LogP contribution in [-0.2, 0) is 28.5 Å². The Labute approximate surface area is 110 Å². The molecular weight excluding hydrogens is 256 g/mol. The van der Waals surface area contributed by atoms with E-state index in [1.54, 1.807) is 27.7 Å². The molecule has 3 rings (SSSR count). The van der Waals surface area contributed by atoms with Crippen LogP contribution in [0.25, 0.3) is 0 Å². The minimum Gasteiger partial charge on any atom is -0.479 e. The highest BCUT2D eigenvalue weighted by atomic mass is 16.9. The molecule has 4 atom stereocenters. The average molecular weight is 274 g/mol. The number of carbonyl (C=O) groups is 1. The largest absolute Gasteiger partial charge is 0.479 e. The Hall–Kier alpha value is -0.730. The van der Waals surface area contributed by atoms with Crippen LogP contribution in [0.1, 0.15) is 27.7 Å². The highest BCUT2D eigenvalue weighted by Gasteiger charge is 2.69. The first-order chi connectivity index (χ1) is 8.64. The van der Waals surface area contributed by atoms with Crippen LogP contribution >= 0.6 is 0 Å². The van der Waals surface area contributed by atoms with Crippen LogP contribution in [-0.4, -0.2) is 53.4 Å². The van der Waals surface area contributed by atoms with E-state index in [4.69, 9.17) is 23.7 Å². The Morgan fingerprint density at radius 1 is 1.11 bits per heavy atom. The Kier molecular flexibility index (Phi) is 2.57. The highest BCUT2D eigenvalue weighted by molar-refractivity contribution is 5.74. The monoisotopic (exact) mass is 274 g/mol. The Morgan fingerprint density at radius 3 is 2.32 bits per heavy atom. The fourth-order valence-corrected chi connectivity index (χ4v) is 2.84. The zero-order valence-corrected chi connectivity index (χ0v) is 11.3. The summed E-state index contributed by atoms with van der Waals surface area (Å²) in [7, 11) is 0. The predicted octanol–water partition coefficient (Wildman–Crippen LogP) is 0.469. The number of aliphatic carboxylic acids is 1. The lowest BCUT2D eigenvalue weighted by molar-refractivity contribution is -0.294. The molecule has 108 valence electrons. The van der Waals surface area contributed by atoms with Crippen molar-refractivity contribution in [3.05, 3.63) is 0 Å². The van der Waals surface area contributed by atoms with E-state index in [1.807, 2.05) is 0 Å². The summed E-state index contributed by atoms with van der Waals surface area (Å²) in [4.78, 5) is 11.3. The van der Waals surface area contributed by atoms with Gasteiger partial charge in [0.2, 0.25) is 5.79 Å². The number of fused-ring (bicyclic) bond motifs is 2. The van der Waals surface area contributed by atoms with E-state index in [9.17, 15) is 9.90 Å². The molecule has 3 heterocycles. The van der Waals surface area contributed by atoms with Crippen molar-refractivity contribution in [2.24, 2.45) is 0 Å². The second-order valence-electron chi connectivity index (χ2n) is 6.00. The molecule has 0 aromatic rings. The maximum Gasteiger partial charge on any atom is 0.335 e. The first kappa shape index (κ1) is 13.3. The van der Waals surface area contributed by atoms with E-state index in [0.29, 0.717) is 0 Å². The molecule has 0 amide bonds. The van der Waals surface area contributed by atoms with Gasteiger partial charge in [-0.25, -0.2) is 4.79 Å². The van der Waals surface area contributed by atoms with E-state index in [-0.39, 0.29) is 6.61 Å². The molecule has 3 aliphatic rings. The van der Waals surface area contributed by atoms with Gasteiger partial charge in [-0.1, -0.05) is 0 Å². The molecule has 1 unspecified atom stereocenters. The minimum atomic E-state index is -1.22. The maximum atomic E-state index is 11.3. The first-order valence-electron chi connectivity index (χ1n) is 6.25. The number of hydrogen-bond acceptors (Lipinski definition) is 6. The fourth-order valence-electron chi connectivity index (χ4n) is 2.84. The zero-order valence-electron chi connectivity index (χ0n) is 11.3. The van der Waals surface area contributed by atoms with Crippen molar-refractivity contribution < 1.29 is 33.6 Å². The van der Waals surface area contributed by atoms with Crippen molar-refractivity contribution in [2.45, 2.75) is 63.4 Å². The molecule has 3 aliphatic heterocycles. The van der Waals surface area contributed by atoms with Crippen LogP contribution in [0.4, 0.5) is 0 Å². The lowest BCUT2D eigenvalue weighted by Crippen LogP contribution is -2.46. The molecular formula is C12H18O7. The van der Waals surface area contributed by atoms with E-state index in [0.717, 1.165) is 0 Å². The van der Waals surface area contributed by atoms with Gasteiger partial charge >= 0.3 is 5.97 Å². The van der Waals surface area contributed by atoms with E-state index in [2.05, 4.69) is 0 Å².